The number of hydrogen-bond donors (Lipinski definition) is 1. The first-order valence-corrected chi connectivity index (χ1v) is 15.0. The molecule has 0 aromatic heterocycles. The molecule has 2 amide bonds. The highest BCUT2D eigenvalue weighted by Crippen LogP contribution is 2.65. The Labute approximate surface area is 225 Å². The van der Waals surface area contributed by atoms with Gasteiger partial charge in [-0.25, -0.2) is 0 Å². The first kappa shape index (κ1) is 26.8. The Balaban J connectivity index is 1.64. The minimum Gasteiger partial charge on any atom is -0.465 e. The fraction of sp³-hybridized carbons (Fsp3) is 0.759. The van der Waals surface area contributed by atoms with Crippen LogP contribution in [-0.2, 0) is 19.1 Å². The average Bonchev–Trinajstić information content (AvgIpc) is 3.20. The van der Waals surface area contributed by atoms with Crippen molar-refractivity contribution >= 4 is 29.5 Å². The number of rotatable bonds is 4. The normalized spacial score (nSPS) is 38.6. The fourth-order valence-electron chi connectivity index (χ4n) is 7.45. The predicted octanol–water partition coefficient (Wildman–Crippen LogP) is 3.71. The summed E-state index contributed by atoms with van der Waals surface area (Å²) in [6.07, 6.45) is 16.3. The van der Waals surface area contributed by atoms with Gasteiger partial charge in [-0.2, -0.15) is 0 Å². The van der Waals surface area contributed by atoms with Crippen molar-refractivity contribution in [1.82, 2.24) is 9.80 Å². The minimum absolute atomic E-state index is 0.0380. The molecular formula is C29H42N2O5S. The number of carbonyl (C=O) groups is 3. The number of aliphatic hydroxyl groups is 1. The molecule has 5 aliphatic rings. The molecule has 5 rings (SSSR count). The monoisotopic (exact) mass is 530 g/mol. The van der Waals surface area contributed by atoms with Crippen molar-refractivity contribution in [3.05, 3.63) is 24.3 Å². The first-order valence-electron chi connectivity index (χ1n) is 14.2. The Morgan fingerprint density at radius 3 is 2.49 bits per heavy atom. The minimum atomic E-state index is -0.892. The lowest BCUT2D eigenvalue weighted by Gasteiger charge is -2.42. The van der Waals surface area contributed by atoms with Crippen LogP contribution in [0.5, 0.6) is 0 Å². The molecule has 204 valence electrons. The van der Waals surface area contributed by atoms with E-state index in [-0.39, 0.29) is 36.4 Å². The van der Waals surface area contributed by atoms with Gasteiger partial charge in [-0.3, -0.25) is 14.4 Å². The highest BCUT2D eigenvalue weighted by atomic mass is 32.2. The number of esters is 1. The number of aliphatic hydroxyl groups excluding tert-OH is 1. The molecular weight excluding hydrogens is 488 g/mol. The number of fused-ring (bicyclic) bond motifs is 2. The molecule has 8 heteroatoms. The molecule has 2 saturated heterocycles. The summed E-state index contributed by atoms with van der Waals surface area (Å²) in [6.45, 7) is 6.62. The molecule has 1 saturated carbocycles. The second-order valence-corrected chi connectivity index (χ2v) is 13.8. The molecule has 1 spiro atoms. The Kier molecular flexibility index (Phi) is 7.53. The topological polar surface area (TPSA) is 87.2 Å². The van der Waals surface area contributed by atoms with Crippen molar-refractivity contribution in [2.75, 3.05) is 19.8 Å². The number of ether oxygens (including phenoxy) is 1. The van der Waals surface area contributed by atoms with E-state index in [2.05, 4.69) is 24.3 Å². The third-order valence-electron chi connectivity index (χ3n) is 9.30. The molecule has 0 radical (unpaired) electrons. The smallest absolute Gasteiger partial charge is 0.311 e. The maximum atomic E-state index is 14.6. The number of nitrogens with zero attached hydrogens (tertiary/aromatic N) is 2. The summed E-state index contributed by atoms with van der Waals surface area (Å²) >= 11 is 1.59. The maximum Gasteiger partial charge on any atom is 0.311 e. The zero-order valence-electron chi connectivity index (χ0n) is 22.4. The van der Waals surface area contributed by atoms with Crippen LogP contribution in [0.4, 0.5) is 0 Å². The van der Waals surface area contributed by atoms with Crippen molar-refractivity contribution in [2.24, 2.45) is 17.8 Å². The van der Waals surface area contributed by atoms with E-state index in [0.29, 0.717) is 13.2 Å². The molecule has 0 aromatic rings. The molecule has 0 bridgehead atoms. The zero-order valence-corrected chi connectivity index (χ0v) is 23.3. The molecule has 1 aliphatic carbocycles. The Morgan fingerprint density at radius 1 is 1.03 bits per heavy atom. The van der Waals surface area contributed by atoms with Gasteiger partial charge in [0.2, 0.25) is 11.8 Å². The number of thioether (sulfide) groups is 1. The molecule has 37 heavy (non-hydrogen) atoms. The number of likely N-dealkylation sites (tertiary alicyclic amines) is 1. The van der Waals surface area contributed by atoms with Crippen LogP contribution < -0.4 is 0 Å². The maximum absolute atomic E-state index is 14.6. The van der Waals surface area contributed by atoms with Crippen LogP contribution in [0.2, 0.25) is 0 Å². The van der Waals surface area contributed by atoms with E-state index < -0.39 is 33.4 Å². The molecule has 0 aromatic carbocycles. The summed E-state index contributed by atoms with van der Waals surface area (Å²) in [5, 5.41) is 10.4. The van der Waals surface area contributed by atoms with E-state index in [1.165, 1.54) is 6.42 Å². The van der Waals surface area contributed by atoms with Gasteiger partial charge < -0.3 is 19.6 Å². The number of cyclic esters (lactones) is 1. The van der Waals surface area contributed by atoms with Crippen LogP contribution in [0.3, 0.4) is 0 Å². The van der Waals surface area contributed by atoms with Crippen LogP contribution in [0.25, 0.3) is 0 Å². The van der Waals surface area contributed by atoms with Gasteiger partial charge in [0.25, 0.3) is 0 Å². The second kappa shape index (κ2) is 10.4. The lowest BCUT2D eigenvalue weighted by molar-refractivity contribution is -0.155. The van der Waals surface area contributed by atoms with Crippen LogP contribution in [-0.4, -0.2) is 80.1 Å². The molecule has 4 heterocycles. The quantitative estimate of drug-likeness (QED) is 0.441. The summed E-state index contributed by atoms with van der Waals surface area (Å²) in [7, 11) is 0. The van der Waals surface area contributed by atoms with Gasteiger partial charge in [-0.1, -0.05) is 57.4 Å². The van der Waals surface area contributed by atoms with Gasteiger partial charge in [0.1, 0.15) is 6.04 Å². The first-order chi connectivity index (χ1) is 17.7. The molecule has 3 fully saturated rings. The van der Waals surface area contributed by atoms with Crippen molar-refractivity contribution in [3.8, 4) is 0 Å². The number of hydrogen-bond acceptors (Lipinski definition) is 6. The van der Waals surface area contributed by atoms with Gasteiger partial charge in [0.05, 0.1) is 35.8 Å². The number of amides is 2. The van der Waals surface area contributed by atoms with Gasteiger partial charge in [0, 0.05) is 17.3 Å². The summed E-state index contributed by atoms with van der Waals surface area (Å²) in [6, 6.07) is -1.09. The van der Waals surface area contributed by atoms with Gasteiger partial charge >= 0.3 is 5.97 Å². The van der Waals surface area contributed by atoms with Crippen LogP contribution >= 0.6 is 11.8 Å². The van der Waals surface area contributed by atoms with Gasteiger partial charge in [0.15, 0.2) is 0 Å². The zero-order chi connectivity index (χ0) is 26.4. The number of allylic oxidation sites excluding steroid dienone is 1. The lowest BCUT2D eigenvalue weighted by atomic mass is 9.74. The Morgan fingerprint density at radius 2 is 1.78 bits per heavy atom. The standard InChI is InChI=1S/C29H42N2O5S/c1-19(2)21(18-32)31-24-26(34)30(20-12-7-6-8-13-20)16-11-15-29(24)22(25(31)33)23-27(35)36-17-10-5-4-9-14-28(23,3)37-29/h9,11,14-15,19-24,32H,4-8,10,12-13,16-18H2,1-3H3/b14-9-/t21-,22-,23+,24?,28-,29-/m0/s1. The molecule has 1 N–H and O–H groups in total. The highest BCUT2D eigenvalue weighted by Gasteiger charge is 2.74. The van der Waals surface area contributed by atoms with Crippen molar-refractivity contribution in [1.29, 1.82) is 0 Å². The highest BCUT2D eigenvalue weighted by molar-refractivity contribution is 8.02. The third-order valence-corrected chi connectivity index (χ3v) is 11.1. The lowest BCUT2D eigenvalue weighted by Crippen LogP contribution is -2.59. The predicted molar refractivity (Wildman–Crippen MR) is 144 cm³/mol. The third kappa shape index (κ3) is 4.36. The van der Waals surface area contributed by atoms with Crippen LogP contribution in [0.15, 0.2) is 24.3 Å². The Bertz CT molecular complexity index is 975. The Hall–Kier alpha value is -1.80. The SMILES string of the molecule is CC(C)[C@H](CO)N1C(=O)[C@@H]2[C@@H]3C(=O)OCCCC/C=C\[C@]3(C)S[C@@]23C=CCN(C2CCCCC2)C(=O)C13. The summed E-state index contributed by atoms with van der Waals surface area (Å²) < 4.78 is 4.19. The molecule has 7 nitrogen and oxygen atoms in total. The summed E-state index contributed by atoms with van der Waals surface area (Å²) in [5.41, 5.74) is 0. The van der Waals surface area contributed by atoms with E-state index in [9.17, 15) is 19.5 Å². The van der Waals surface area contributed by atoms with E-state index >= 15 is 0 Å². The molecule has 1 unspecified atom stereocenters. The van der Waals surface area contributed by atoms with E-state index in [4.69, 9.17) is 4.74 Å². The van der Waals surface area contributed by atoms with Gasteiger partial charge in [-0.05, 0) is 44.9 Å². The van der Waals surface area contributed by atoms with E-state index in [1.54, 1.807) is 16.7 Å². The summed E-state index contributed by atoms with van der Waals surface area (Å²) in [4.78, 5) is 46.3. The molecule has 4 aliphatic heterocycles. The number of carbonyl (C=O) groups excluding carboxylic acids is 3. The van der Waals surface area contributed by atoms with Gasteiger partial charge in [-0.15, -0.1) is 11.8 Å². The van der Waals surface area contributed by atoms with Crippen molar-refractivity contribution in [2.45, 2.75) is 99.8 Å². The van der Waals surface area contributed by atoms with E-state index in [1.807, 2.05) is 25.7 Å². The largest absolute Gasteiger partial charge is 0.465 e. The van der Waals surface area contributed by atoms with Crippen LogP contribution in [0.1, 0.15) is 72.1 Å². The molecule has 6 atom stereocenters. The van der Waals surface area contributed by atoms with E-state index in [0.717, 1.165) is 44.9 Å². The van der Waals surface area contributed by atoms with Crippen LogP contribution in [0, 0.1) is 17.8 Å². The van der Waals surface area contributed by atoms with Crippen molar-refractivity contribution < 1.29 is 24.2 Å². The van der Waals surface area contributed by atoms with Crippen molar-refractivity contribution in [3.63, 3.8) is 0 Å². The average molecular weight is 531 g/mol. The second-order valence-electron chi connectivity index (χ2n) is 12.0. The fourth-order valence-corrected chi connectivity index (χ4v) is 9.59. The summed E-state index contributed by atoms with van der Waals surface area (Å²) in [5.74, 6) is -2.05.